The van der Waals surface area contributed by atoms with Gasteiger partial charge >= 0.3 is 0 Å². The van der Waals surface area contributed by atoms with E-state index < -0.39 is 0 Å². The molecular formula is C6H13N3S. The Labute approximate surface area is 66.9 Å². The second-order valence-corrected chi connectivity index (χ2v) is 2.62. The first kappa shape index (κ1) is 9.36. The number of hydrogen-bond acceptors (Lipinski definition) is 2. The molecule has 2 N–H and O–H groups in total. The summed E-state index contributed by atoms with van der Waals surface area (Å²) in [7, 11) is 1.75. The Kier molecular flexibility index (Phi) is 4.84. The molecule has 0 aliphatic rings. The molecule has 0 unspecified atom stereocenters. The third-order valence-corrected chi connectivity index (χ3v) is 1.06. The van der Waals surface area contributed by atoms with Gasteiger partial charge in [0.1, 0.15) is 0 Å². The minimum atomic E-state index is 0.451. The van der Waals surface area contributed by atoms with Crippen LogP contribution in [0.4, 0.5) is 0 Å². The maximum Gasteiger partial charge on any atom is 0.186 e. The highest BCUT2D eigenvalue weighted by molar-refractivity contribution is 7.80. The van der Waals surface area contributed by atoms with Gasteiger partial charge in [-0.1, -0.05) is 13.8 Å². The zero-order valence-corrected chi connectivity index (χ0v) is 7.33. The Morgan fingerprint density at radius 1 is 1.60 bits per heavy atom. The number of nitrogens with zero attached hydrogens (tertiary/aromatic N) is 1. The molecule has 0 radical (unpaired) electrons. The average Bonchev–Trinajstić information content (AvgIpc) is 1.87. The van der Waals surface area contributed by atoms with Gasteiger partial charge in [0.15, 0.2) is 5.11 Å². The topological polar surface area (TPSA) is 36.4 Å². The Morgan fingerprint density at radius 2 is 2.20 bits per heavy atom. The lowest BCUT2D eigenvalue weighted by molar-refractivity contribution is 0.879. The second kappa shape index (κ2) is 5.17. The van der Waals surface area contributed by atoms with Gasteiger partial charge in [-0.25, -0.2) is 0 Å². The van der Waals surface area contributed by atoms with Crippen LogP contribution >= 0.6 is 12.2 Å². The molecule has 0 aromatic heterocycles. The van der Waals surface area contributed by atoms with Crippen molar-refractivity contribution in [3.05, 3.63) is 0 Å². The Bertz CT molecular complexity index is 131. The van der Waals surface area contributed by atoms with Crippen molar-refractivity contribution in [3.8, 4) is 0 Å². The van der Waals surface area contributed by atoms with E-state index in [9.17, 15) is 0 Å². The van der Waals surface area contributed by atoms with Crippen LogP contribution in [0.15, 0.2) is 5.10 Å². The molecule has 0 fully saturated rings. The first-order valence-electron chi connectivity index (χ1n) is 3.17. The zero-order valence-electron chi connectivity index (χ0n) is 6.51. The molecule has 0 heterocycles. The number of nitrogens with one attached hydrogen (secondary N) is 2. The van der Waals surface area contributed by atoms with E-state index in [1.54, 1.807) is 13.3 Å². The fourth-order valence-corrected chi connectivity index (χ4v) is 0.354. The summed E-state index contributed by atoms with van der Waals surface area (Å²) < 4.78 is 0. The van der Waals surface area contributed by atoms with E-state index >= 15 is 0 Å². The third kappa shape index (κ3) is 5.50. The van der Waals surface area contributed by atoms with Crippen LogP contribution in [-0.4, -0.2) is 18.4 Å². The maximum atomic E-state index is 4.77. The van der Waals surface area contributed by atoms with E-state index in [1.165, 1.54) is 0 Å². The molecule has 0 saturated carbocycles. The van der Waals surface area contributed by atoms with Crippen LogP contribution in [0, 0.1) is 5.92 Å². The highest BCUT2D eigenvalue weighted by Gasteiger charge is 1.85. The van der Waals surface area contributed by atoms with E-state index in [0.717, 1.165) is 0 Å². The summed E-state index contributed by atoms with van der Waals surface area (Å²) in [5, 5.41) is 7.15. The van der Waals surface area contributed by atoms with Gasteiger partial charge in [0, 0.05) is 13.3 Å². The monoisotopic (exact) mass is 159 g/mol. The minimum Gasteiger partial charge on any atom is -0.364 e. The van der Waals surface area contributed by atoms with Crippen LogP contribution in [0.5, 0.6) is 0 Å². The smallest absolute Gasteiger partial charge is 0.186 e. The zero-order chi connectivity index (χ0) is 7.98. The minimum absolute atomic E-state index is 0.451. The molecule has 58 valence electrons. The molecule has 0 atom stereocenters. The van der Waals surface area contributed by atoms with Crippen LogP contribution < -0.4 is 10.7 Å². The fraction of sp³-hybridized carbons (Fsp3) is 0.667. The van der Waals surface area contributed by atoms with Gasteiger partial charge in [-0.15, -0.1) is 0 Å². The standard InChI is InChI=1S/C6H13N3S/c1-5(2)4-8-9-6(10)7-3/h4-5H,1-3H3,(H2,7,9,10). The van der Waals surface area contributed by atoms with Crippen LogP contribution in [0.25, 0.3) is 0 Å². The van der Waals surface area contributed by atoms with Crippen LogP contribution in [0.3, 0.4) is 0 Å². The van der Waals surface area contributed by atoms with Crippen molar-refractivity contribution in [1.82, 2.24) is 10.7 Å². The highest BCUT2D eigenvalue weighted by atomic mass is 32.1. The predicted molar refractivity (Wildman–Crippen MR) is 48.1 cm³/mol. The third-order valence-electron chi connectivity index (χ3n) is 0.766. The van der Waals surface area contributed by atoms with Crippen LogP contribution in [0.2, 0.25) is 0 Å². The molecule has 0 spiro atoms. The lowest BCUT2D eigenvalue weighted by atomic mass is 10.3. The van der Waals surface area contributed by atoms with Gasteiger partial charge in [0.2, 0.25) is 0 Å². The average molecular weight is 159 g/mol. The Morgan fingerprint density at radius 3 is 2.60 bits per heavy atom. The van der Waals surface area contributed by atoms with Crippen molar-refractivity contribution in [1.29, 1.82) is 0 Å². The molecule has 3 nitrogen and oxygen atoms in total. The van der Waals surface area contributed by atoms with Crippen molar-refractivity contribution in [2.75, 3.05) is 7.05 Å². The number of hydrazone groups is 1. The summed E-state index contributed by atoms with van der Waals surface area (Å²) in [5.74, 6) is 0.451. The summed E-state index contributed by atoms with van der Waals surface area (Å²) in [5.41, 5.74) is 2.65. The Hall–Kier alpha value is -0.640. The van der Waals surface area contributed by atoms with Gasteiger partial charge in [0.05, 0.1) is 0 Å². The van der Waals surface area contributed by atoms with Gasteiger partial charge in [0.25, 0.3) is 0 Å². The lowest BCUT2D eigenvalue weighted by Crippen LogP contribution is -2.28. The van der Waals surface area contributed by atoms with E-state index in [2.05, 4.69) is 15.8 Å². The Balaban J connectivity index is 3.43. The van der Waals surface area contributed by atoms with E-state index in [1.807, 2.05) is 13.8 Å². The molecule has 0 aliphatic heterocycles. The lowest BCUT2D eigenvalue weighted by Gasteiger charge is -1.99. The van der Waals surface area contributed by atoms with Crippen molar-refractivity contribution >= 4 is 23.5 Å². The summed E-state index contributed by atoms with van der Waals surface area (Å²) in [4.78, 5) is 0. The number of rotatable bonds is 2. The number of hydrogen-bond donors (Lipinski definition) is 2. The quantitative estimate of drug-likeness (QED) is 0.354. The first-order valence-corrected chi connectivity index (χ1v) is 3.58. The number of thiocarbonyl (C=S) groups is 1. The van der Waals surface area contributed by atoms with Crippen molar-refractivity contribution in [3.63, 3.8) is 0 Å². The van der Waals surface area contributed by atoms with Crippen LogP contribution in [-0.2, 0) is 0 Å². The van der Waals surface area contributed by atoms with Gasteiger partial charge < -0.3 is 5.32 Å². The van der Waals surface area contributed by atoms with Crippen molar-refractivity contribution < 1.29 is 0 Å². The molecular weight excluding hydrogens is 146 g/mol. The molecule has 0 aromatic rings. The van der Waals surface area contributed by atoms with E-state index in [4.69, 9.17) is 12.2 Å². The van der Waals surface area contributed by atoms with Gasteiger partial charge in [-0.3, -0.25) is 5.43 Å². The maximum absolute atomic E-state index is 4.77. The first-order chi connectivity index (χ1) is 4.66. The fourth-order valence-electron chi connectivity index (χ4n) is 0.301. The highest BCUT2D eigenvalue weighted by Crippen LogP contribution is 1.82. The van der Waals surface area contributed by atoms with E-state index in [0.29, 0.717) is 11.0 Å². The predicted octanol–water partition coefficient (Wildman–Crippen LogP) is 0.722. The molecule has 0 aromatic carbocycles. The molecule has 0 saturated heterocycles. The normalized spacial score (nSPS) is 10.4. The molecule has 0 rings (SSSR count). The molecule has 4 heteroatoms. The molecule has 0 aliphatic carbocycles. The molecule has 0 bridgehead atoms. The molecule has 10 heavy (non-hydrogen) atoms. The van der Waals surface area contributed by atoms with Crippen molar-refractivity contribution in [2.45, 2.75) is 13.8 Å². The van der Waals surface area contributed by atoms with Crippen molar-refractivity contribution in [2.24, 2.45) is 11.0 Å². The SMILES string of the molecule is CNC(=S)NN=CC(C)C. The largest absolute Gasteiger partial charge is 0.364 e. The molecule has 0 amide bonds. The van der Waals surface area contributed by atoms with Gasteiger partial charge in [-0.05, 0) is 18.1 Å². The van der Waals surface area contributed by atoms with Crippen LogP contribution in [0.1, 0.15) is 13.8 Å². The summed E-state index contributed by atoms with van der Waals surface area (Å²) in [6, 6.07) is 0. The van der Waals surface area contributed by atoms with E-state index in [-0.39, 0.29) is 0 Å². The summed E-state index contributed by atoms with van der Waals surface area (Å²) in [6.07, 6.45) is 1.80. The summed E-state index contributed by atoms with van der Waals surface area (Å²) in [6.45, 7) is 4.10. The second-order valence-electron chi connectivity index (χ2n) is 2.21. The van der Waals surface area contributed by atoms with Gasteiger partial charge in [-0.2, -0.15) is 5.10 Å². The summed E-state index contributed by atoms with van der Waals surface area (Å²) >= 11 is 4.77.